The van der Waals surface area contributed by atoms with Gasteiger partial charge in [-0.2, -0.15) is 0 Å². The molecule has 4 heteroatoms. The van der Waals surface area contributed by atoms with Crippen molar-refractivity contribution in [3.63, 3.8) is 0 Å². The van der Waals surface area contributed by atoms with Crippen LogP contribution in [0, 0.1) is 0 Å². The van der Waals surface area contributed by atoms with E-state index in [9.17, 15) is 5.11 Å². The highest BCUT2D eigenvalue weighted by atomic mass is 32.2. The number of hydrogen-bond acceptors (Lipinski definition) is 4. The average molecular weight is 218 g/mol. The fourth-order valence-electron chi connectivity index (χ4n) is 1.78. The minimum absolute atomic E-state index is 0.306. The number of fused-ring (bicyclic) bond motifs is 1. The summed E-state index contributed by atoms with van der Waals surface area (Å²) in [5.74, 6) is 0.306. The van der Waals surface area contributed by atoms with E-state index in [0.717, 1.165) is 23.8 Å². The Morgan fingerprint density at radius 2 is 2.07 bits per heavy atom. The summed E-state index contributed by atoms with van der Waals surface area (Å²) < 4.78 is 0. The van der Waals surface area contributed by atoms with E-state index in [-0.39, 0.29) is 0 Å². The van der Waals surface area contributed by atoms with Crippen molar-refractivity contribution >= 4 is 22.6 Å². The molecule has 0 radical (unpaired) electrons. The second-order valence-corrected chi connectivity index (χ2v) is 4.32. The van der Waals surface area contributed by atoms with Crippen molar-refractivity contribution < 1.29 is 5.11 Å². The van der Waals surface area contributed by atoms with E-state index >= 15 is 0 Å². The Labute approximate surface area is 92.1 Å². The highest BCUT2D eigenvalue weighted by Gasteiger charge is 2.26. The molecule has 0 bridgehead atoms. The monoisotopic (exact) mass is 218 g/mol. The quantitative estimate of drug-likeness (QED) is 0.784. The normalized spacial score (nSPS) is 18.8. The van der Waals surface area contributed by atoms with Crippen LogP contribution in [0.2, 0.25) is 0 Å². The zero-order valence-corrected chi connectivity index (χ0v) is 8.87. The van der Waals surface area contributed by atoms with Crippen LogP contribution >= 0.6 is 11.8 Å². The van der Waals surface area contributed by atoms with Crippen molar-refractivity contribution in [1.82, 2.24) is 4.90 Å². The fourth-order valence-corrected chi connectivity index (χ4v) is 2.74. The molecule has 0 unspecified atom stereocenters. The maximum absolute atomic E-state index is 9.22. The lowest BCUT2D eigenvalue weighted by Crippen LogP contribution is -2.19. The zero-order chi connectivity index (χ0) is 10.3. The predicted molar refractivity (Wildman–Crippen MR) is 62.7 cm³/mol. The number of hydrogen-bond donors (Lipinski definition) is 1. The SMILES string of the molecule is Oc1ccc(C2=CSC3=NCCN23)cc1. The van der Waals surface area contributed by atoms with Crippen LogP contribution in [0.1, 0.15) is 5.56 Å². The van der Waals surface area contributed by atoms with Gasteiger partial charge in [0.25, 0.3) is 0 Å². The van der Waals surface area contributed by atoms with Crippen LogP contribution in [-0.4, -0.2) is 28.3 Å². The number of aromatic hydroxyl groups is 1. The van der Waals surface area contributed by atoms with Crippen LogP contribution in [0.25, 0.3) is 5.70 Å². The van der Waals surface area contributed by atoms with Crippen LogP contribution < -0.4 is 0 Å². The first-order valence-corrected chi connectivity index (χ1v) is 5.71. The third-order valence-electron chi connectivity index (χ3n) is 2.53. The molecule has 0 aromatic heterocycles. The van der Waals surface area contributed by atoms with Gasteiger partial charge in [0.05, 0.1) is 12.2 Å². The van der Waals surface area contributed by atoms with Gasteiger partial charge >= 0.3 is 0 Å². The third kappa shape index (κ3) is 1.41. The largest absolute Gasteiger partial charge is 0.508 e. The molecule has 0 fully saturated rings. The molecule has 2 aliphatic heterocycles. The molecule has 1 aromatic carbocycles. The first-order valence-electron chi connectivity index (χ1n) is 4.83. The first-order chi connectivity index (χ1) is 7.34. The Hall–Kier alpha value is -1.42. The smallest absolute Gasteiger partial charge is 0.168 e. The average Bonchev–Trinajstić information content (AvgIpc) is 2.80. The van der Waals surface area contributed by atoms with Crippen LogP contribution in [0.4, 0.5) is 0 Å². The van der Waals surface area contributed by atoms with Gasteiger partial charge in [-0.1, -0.05) is 11.8 Å². The minimum Gasteiger partial charge on any atom is -0.508 e. The zero-order valence-electron chi connectivity index (χ0n) is 8.05. The number of thioether (sulfide) groups is 1. The van der Waals surface area contributed by atoms with Crippen LogP contribution in [0.5, 0.6) is 5.75 Å². The summed E-state index contributed by atoms with van der Waals surface area (Å²) in [7, 11) is 0. The van der Waals surface area contributed by atoms with E-state index < -0.39 is 0 Å². The molecule has 0 saturated carbocycles. The maximum atomic E-state index is 9.22. The molecule has 76 valence electrons. The molecular formula is C11H10N2OS. The van der Waals surface area contributed by atoms with Crippen LogP contribution in [-0.2, 0) is 0 Å². The molecule has 1 N–H and O–H groups in total. The lowest BCUT2D eigenvalue weighted by Gasteiger charge is -2.16. The fraction of sp³-hybridized carbons (Fsp3) is 0.182. The van der Waals surface area contributed by atoms with Gasteiger partial charge < -0.3 is 10.0 Å². The molecule has 2 aliphatic rings. The van der Waals surface area contributed by atoms with Gasteiger partial charge in [-0.25, -0.2) is 0 Å². The Kier molecular flexibility index (Phi) is 1.95. The molecule has 0 aliphatic carbocycles. The minimum atomic E-state index is 0.306. The Morgan fingerprint density at radius 1 is 1.27 bits per heavy atom. The third-order valence-corrected chi connectivity index (χ3v) is 3.43. The molecule has 15 heavy (non-hydrogen) atoms. The highest BCUT2D eigenvalue weighted by Crippen LogP contribution is 2.35. The molecule has 0 spiro atoms. The molecule has 3 nitrogen and oxygen atoms in total. The van der Waals surface area contributed by atoms with E-state index in [4.69, 9.17) is 0 Å². The summed E-state index contributed by atoms with van der Waals surface area (Å²) in [4.78, 5) is 6.61. The van der Waals surface area contributed by atoms with Gasteiger partial charge in [-0.15, -0.1) is 0 Å². The number of phenols is 1. The number of phenolic OH excluding ortho intramolecular Hbond substituents is 1. The highest BCUT2D eigenvalue weighted by molar-refractivity contribution is 8.16. The Bertz CT molecular complexity index is 450. The molecular weight excluding hydrogens is 208 g/mol. The van der Waals surface area contributed by atoms with Gasteiger partial charge in [0.15, 0.2) is 5.17 Å². The molecule has 2 heterocycles. The van der Waals surface area contributed by atoms with Gasteiger partial charge in [0, 0.05) is 12.0 Å². The van der Waals surface area contributed by atoms with Crippen LogP contribution in [0.3, 0.4) is 0 Å². The van der Waals surface area contributed by atoms with E-state index in [1.165, 1.54) is 5.70 Å². The number of aliphatic imine (C=N–C) groups is 1. The van der Waals surface area contributed by atoms with Crippen molar-refractivity contribution in [2.24, 2.45) is 4.99 Å². The van der Waals surface area contributed by atoms with Crippen molar-refractivity contribution in [3.8, 4) is 5.75 Å². The molecule has 0 atom stereocenters. The van der Waals surface area contributed by atoms with Crippen molar-refractivity contribution in [2.75, 3.05) is 13.1 Å². The number of benzene rings is 1. The summed E-state index contributed by atoms with van der Waals surface area (Å²) in [6, 6.07) is 7.30. The predicted octanol–water partition coefficient (Wildman–Crippen LogP) is 2.11. The lowest BCUT2D eigenvalue weighted by molar-refractivity contribution is 0.475. The topological polar surface area (TPSA) is 35.8 Å². The summed E-state index contributed by atoms with van der Waals surface area (Å²) >= 11 is 1.67. The summed E-state index contributed by atoms with van der Waals surface area (Å²) in [6.07, 6.45) is 0. The van der Waals surface area contributed by atoms with Gasteiger partial charge in [0.2, 0.25) is 0 Å². The Morgan fingerprint density at radius 3 is 2.87 bits per heavy atom. The van der Waals surface area contributed by atoms with Gasteiger partial charge in [-0.3, -0.25) is 4.99 Å². The van der Waals surface area contributed by atoms with Crippen molar-refractivity contribution in [3.05, 3.63) is 35.2 Å². The second kappa shape index (κ2) is 3.31. The second-order valence-electron chi connectivity index (χ2n) is 3.48. The number of amidine groups is 1. The first kappa shape index (κ1) is 8.85. The number of rotatable bonds is 1. The number of nitrogens with zero attached hydrogens (tertiary/aromatic N) is 2. The van der Waals surface area contributed by atoms with E-state index in [2.05, 4.69) is 15.3 Å². The summed E-state index contributed by atoms with van der Waals surface area (Å²) in [5, 5.41) is 12.4. The molecule has 0 amide bonds. The lowest BCUT2D eigenvalue weighted by atomic mass is 10.1. The Balaban J connectivity index is 1.95. The van der Waals surface area contributed by atoms with E-state index in [1.54, 1.807) is 23.9 Å². The van der Waals surface area contributed by atoms with Gasteiger partial charge in [0.1, 0.15) is 5.75 Å². The van der Waals surface area contributed by atoms with Gasteiger partial charge in [-0.05, 0) is 29.8 Å². The van der Waals surface area contributed by atoms with Crippen molar-refractivity contribution in [2.45, 2.75) is 0 Å². The molecule has 3 rings (SSSR count). The summed E-state index contributed by atoms with van der Waals surface area (Å²) in [5.41, 5.74) is 2.32. The van der Waals surface area contributed by atoms with Crippen LogP contribution in [0.15, 0.2) is 34.7 Å². The maximum Gasteiger partial charge on any atom is 0.168 e. The molecule has 1 aromatic rings. The summed E-state index contributed by atoms with van der Waals surface area (Å²) in [6.45, 7) is 1.85. The van der Waals surface area contributed by atoms with Crippen molar-refractivity contribution in [1.29, 1.82) is 0 Å². The molecule has 0 saturated heterocycles. The van der Waals surface area contributed by atoms with E-state index in [1.807, 2.05) is 12.1 Å². The van der Waals surface area contributed by atoms with E-state index in [0.29, 0.717) is 5.75 Å². The standard InChI is InChI=1S/C11H10N2OS/c14-9-3-1-8(2-4-9)10-7-15-11-12-5-6-13(10)11/h1-4,7,14H,5-6H2.